The van der Waals surface area contributed by atoms with E-state index in [0.717, 1.165) is 61.3 Å². The summed E-state index contributed by atoms with van der Waals surface area (Å²) in [6, 6.07) is 10.2. The van der Waals surface area contributed by atoms with Crippen molar-refractivity contribution in [3.8, 4) is 0 Å². The zero-order valence-corrected chi connectivity index (χ0v) is 22.2. The lowest BCUT2D eigenvalue weighted by atomic mass is 9.84. The zero-order chi connectivity index (χ0) is 26.7. The molecule has 0 saturated carbocycles. The number of carboxylic acids is 1. The molecule has 0 amide bonds. The normalized spacial score (nSPS) is 17.1. The average molecular weight is 507 g/mol. The minimum atomic E-state index is -0.856. The van der Waals surface area contributed by atoms with E-state index in [4.69, 9.17) is 16.1 Å². The Bertz CT molecular complexity index is 1250. The predicted octanol–water partition coefficient (Wildman–Crippen LogP) is 4.47. The molecule has 2 atom stereocenters. The molecular formula is C28H38N6O3. The van der Waals surface area contributed by atoms with Crippen molar-refractivity contribution < 1.29 is 14.4 Å². The van der Waals surface area contributed by atoms with Gasteiger partial charge in [0.15, 0.2) is 5.82 Å². The molecule has 3 aromatic rings. The summed E-state index contributed by atoms with van der Waals surface area (Å²) in [6.07, 6.45) is 3.93. The molecule has 1 aliphatic heterocycles. The predicted molar refractivity (Wildman–Crippen MR) is 144 cm³/mol. The van der Waals surface area contributed by atoms with Gasteiger partial charge in [-0.25, -0.2) is 5.84 Å². The Balaban J connectivity index is 1.68. The third kappa shape index (κ3) is 5.78. The molecule has 198 valence electrons. The molecule has 0 spiro atoms. The number of benzene rings is 2. The van der Waals surface area contributed by atoms with E-state index in [9.17, 15) is 9.90 Å². The molecule has 1 fully saturated rings. The zero-order valence-electron chi connectivity index (χ0n) is 22.2. The van der Waals surface area contributed by atoms with Gasteiger partial charge in [0.05, 0.1) is 23.8 Å². The fraction of sp³-hybridized carbons (Fsp3) is 0.464. The number of nitrogens with two attached hydrogens (primary N) is 2. The third-order valence-corrected chi connectivity index (χ3v) is 7.51. The van der Waals surface area contributed by atoms with Gasteiger partial charge in [0.1, 0.15) is 0 Å². The number of rotatable bonds is 9. The summed E-state index contributed by atoms with van der Waals surface area (Å²) in [7, 11) is 1.73. The summed E-state index contributed by atoms with van der Waals surface area (Å²) in [5.74, 6) is 6.16. The van der Waals surface area contributed by atoms with E-state index in [-0.39, 0.29) is 18.4 Å². The van der Waals surface area contributed by atoms with Crippen molar-refractivity contribution in [3.05, 3.63) is 69.9 Å². The molecule has 2 heterocycles. The number of aromatic nitrogens is 2. The number of aryl methyl sites for hydroxylation is 2. The van der Waals surface area contributed by atoms with Gasteiger partial charge in [0.25, 0.3) is 0 Å². The minimum Gasteiger partial charge on any atom is -0.481 e. The molecule has 4 rings (SSSR count). The van der Waals surface area contributed by atoms with Gasteiger partial charge in [0, 0.05) is 25.9 Å². The number of hydrazine groups is 1. The molecule has 2 aromatic carbocycles. The number of hydrogen-bond acceptors (Lipinski definition) is 8. The van der Waals surface area contributed by atoms with Crippen LogP contribution in [0, 0.1) is 13.8 Å². The summed E-state index contributed by atoms with van der Waals surface area (Å²) < 4.78 is 5.41. The monoisotopic (exact) mass is 506 g/mol. The fourth-order valence-corrected chi connectivity index (χ4v) is 5.32. The quantitative estimate of drug-likeness (QED) is 0.218. The highest BCUT2D eigenvalue weighted by atomic mass is 16.5. The Labute approximate surface area is 218 Å². The molecule has 37 heavy (non-hydrogen) atoms. The van der Waals surface area contributed by atoms with Crippen molar-refractivity contribution in [3.63, 3.8) is 0 Å². The Morgan fingerprint density at radius 1 is 1.27 bits per heavy atom. The standard InChI is InChI=1S/C28H38N6O3/c1-5-25-31-28(32-37-25)24-8-6-7-13-34(24)16-20-14-19(10-9-17(20)2)22(15-26(35)36)21-11-12-23(33(4)30)27(29)18(21)3/h9-12,14,22,24H,5-8,13,15-16,29-30H2,1-4H3,(H,35,36). The first kappa shape index (κ1) is 26.6. The van der Waals surface area contributed by atoms with Crippen molar-refractivity contribution in [2.75, 3.05) is 24.3 Å². The van der Waals surface area contributed by atoms with Gasteiger partial charge in [-0.2, -0.15) is 4.98 Å². The molecule has 1 aromatic heterocycles. The average Bonchev–Trinajstić information content (AvgIpc) is 3.35. The molecule has 9 nitrogen and oxygen atoms in total. The number of nitrogens with zero attached hydrogens (tertiary/aromatic N) is 4. The number of piperidine rings is 1. The van der Waals surface area contributed by atoms with Crippen LogP contribution in [0.1, 0.15) is 84.1 Å². The minimum absolute atomic E-state index is 0.0322. The number of nitrogen functional groups attached to an aromatic ring is 1. The lowest BCUT2D eigenvalue weighted by Crippen LogP contribution is -2.33. The molecule has 1 saturated heterocycles. The van der Waals surface area contributed by atoms with E-state index in [2.05, 4.69) is 34.1 Å². The number of carbonyl (C=O) groups is 1. The first-order valence-corrected chi connectivity index (χ1v) is 12.9. The lowest BCUT2D eigenvalue weighted by molar-refractivity contribution is -0.137. The van der Waals surface area contributed by atoms with Gasteiger partial charge >= 0.3 is 5.97 Å². The Hall–Kier alpha value is -3.43. The van der Waals surface area contributed by atoms with Crippen LogP contribution in [0.4, 0.5) is 11.4 Å². The number of carboxylic acid groups (broad SMARTS) is 1. The van der Waals surface area contributed by atoms with E-state index in [0.29, 0.717) is 17.3 Å². The van der Waals surface area contributed by atoms with Crippen LogP contribution in [-0.4, -0.2) is 39.7 Å². The molecule has 0 bridgehead atoms. The summed E-state index contributed by atoms with van der Waals surface area (Å²) in [5, 5.41) is 15.5. The van der Waals surface area contributed by atoms with E-state index < -0.39 is 5.97 Å². The van der Waals surface area contributed by atoms with Crippen molar-refractivity contribution in [1.29, 1.82) is 0 Å². The van der Waals surface area contributed by atoms with Gasteiger partial charge < -0.3 is 20.4 Å². The van der Waals surface area contributed by atoms with Crippen molar-refractivity contribution in [2.45, 2.75) is 71.4 Å². The number of anilines is 2. The number of hydrogen-bond donors (Lipinski definition) is 3. The van der Waals surface area contributed by atoms with Gasteiger partial charge in [-0.05, 0) is 67.1 Å². The highest BCUT2D eigenvalue weighted by Crippen LogP contribution is 2.37. The maximum Gasteiger partial charge on any atom is 0.304 e. The Kier molecular flexibility index (Phi) is 8.14. The van der Waals surface area contributed by atoms with Gasteiger partial charge in [0.2, 0.25) is 5.89 Å². The molecular weight excluding hydrogens is 468 g/mol. The topological polar surface area (TPSA) is 135 Å². The molecule has 0 aliphatic carbocycles. The smallest absolute Gasteiger partial charge is 0.304 e. The van der Waals surface area contributed by atoms with Gasteiger partial charge in [-0.15, -0.1) is 0 Å². The maximum absolute atomic E-state index is 11.9. The summed E-state index contributed by atoms with van der Waals surface area (Å²) >= 11 is 0. The summed E-state index contributed by atoms with van der Waals surface area (Å²) in [5.41, 5.74) is 12.7. The summed E-state index contributed by atoms with van der Waals surface area (Å²) in [6.45, 7) is 7.72. The number of aliphatic carboxylic acids is 1. The van der Waals surface area contributed by atoms with Gasteiger partial charge in [-0.3, -0.25) is 9.69 Å². The van der Waals surface area contributed by atoms with Crippen LogP contribution in [0.3, 0.4) is 0 Å². The first-order valence-electron chi connectivity index (χ1n) is 12.9. The van der Waals surface area contributed by atoms with Crippen LogP contribution in [0.5, 0.6) is 0 Å². The molecule has 5 N–H and O–H groups in total. The van der Waals surface area contributed by atoms with E-state index in [1.54, 1.807) is 7.05 Å². The maximum atomic E-state index is 11.9. The highest BCUT2D eigenvalue weighted by molar-refractivity contribution is 5.74. The van der Waals surface area contributed by atoms with Crippen LogP contribution < -0.4 is 16.6 Å². The fourth-order valence-electron chi connectivity index (χ4n) is 5.32. The van der Waals surface area contributed by atoms with Crippen LogP contribution >= 0.6 is 0 Å². The van der Waals surface area contributed by atoms with E-state index >= 15 is 0 Å². The molecule has 9 heteroatoms. The second-order valence-electron chi connectivity index (χ2n) is 10.0. The second-order valence-corrected chi connectivity index (χ2v) is 10.0. The van der Waals surface area contributed by atoms with Crippen molar-refractivity contribution in [1.82, 2.24) is 15.0 Å². The van der Waals surface area contributed by atoms with Gasteiger partial charge in [-0.1, -0.05) is 42.8 Å². The molecule has 1 aliphatic rings. The van der Waals surface area contributed by atoms with E-state index in [1.807, 2.05) is 32.0 Å². The Morgan fingerprint density at radius 3 is 2.73 bits per heavy atom. The summed E-state index contributed by atoms with van der Waals surface area (Å²) in [4.78, 5) is 19.0. The van der Waals surface area contributed by atoms with Crippen molar-refractivity contribution >= 4 is 17.3 Å². The molecule has 0 radical (unpaired) electrons. The SMILES string of the molecule is CCc1nc(C2CCCCN2Cc2cc(C(CC(=O)O)c3ccc(N(C)N)c(N)c3C)ccc2C)no1. The molecule has 2 unspecified atom stereocenters. The number of likely N-dealkylation sites (tertiary alicyclic amines) is 1. The third-order valence-electron chi connectivity index (χ3n) is 7.51. The lowest BCUT2D eigenvalue weighted by Gasteiger charge is -2.34. The largest absolute Gasteiger partial charge is 0.481 e. The van der Waals surface area contributed by atoms with E-state index in [1.165, 1.54) is 16.1 Å². The van der Waals surface area contributed by atoms with Crippen LogP contribution in [0.15, 0.2) is 34.9 Å². The Morgan fingerprint density at radius 2 is 2.05 bits per heavy atom. The van der Waals surface area contributed by atoms with Crippen molar-refractivity contribution in [2.24, 2.45) is 5.84 Å². The second kappa shape index (κ2) is 11.3. The van der Waals surface area contributed by atoms with Crippen LogP contribution in [0.25, 0.3) is 0 Å². The van der Waals surface area contributed by atoms with Crippen LogP contribution in [-0.2, 0) is 17.8 Å². The first-order chi connectivity index (χ1) is 17.7. The highest BCUT2D eigenvalue weighted by Gasteiger charge is 2.29. The van der Waals surface area contributed by atoms with Crippen LogP contribution in [0.2, 0.25) is 0 Å².